The van der Waals surface area contributed by atoms with E-state index in [1.807, 2.05) is 71.1 Å². The van der Waals surface area contributed by atoms with Crippen LogP contribution in [0.25, 0.3) is 38.4 Å². The first-order valence-electron chi connectivity index (χ1n) is 14.5. The van der Waals surface area contributed by atoms with Gasteiger partial charge in [0.15, 0.2) is 0 Å². The van der Waals surface area contributed by atoms with Crippen LogP contribution >= 0.6 is 0 Å². The van der Waals surface area contributed by atoms with Crippen molar-refractivity contribution >= 4 is 33.0 Å². The van der Waals surface area contributed by atoms with Gasteiger partial charge in [-0.15, -0.1) is 40.8 Å². The molecule has 5 heteroatoms. The van der Waals surface area contributed by atoms with E-state index in [4.69, 9.17) is 4.11 Å². The second-order valence-electron chi connectivity index (χ2n) is 10.4. The Balaban J connectivity index is 0.000000197. The molecular weight excluding hydrogens is 669 g/mol. The average molecular weight is 703 g/mol. The van der Waals surface area contributed by atoms with E-state index >= 15 is 0 Å². The number of hydrogen-bond donors (Lipinski definition) is 0. The second-order valence-corrected chi connectivity index (χ2v) is 10.4. The van der Waals surface area contributed by atoms with Gasteiger partial charge in [0.1, 0.15) is 0 Å². The van der Waals surface area contributed by atoms with Crippen molar-refractivity contribution in [1.82, 2.24) is 14.4 Å². The fourth-order valence-electron chi connectivity index (χ4n) is 5.28. The standard InChI is InChI=1S/C21H14N3.C14H17N.Ir/c1-14-11-23-20-17-10-6-5-9-16(17)18-12-22-13-24(18)21(20)19(14)15-7-3-2-4-8-15;1-11-12(2)15(10-14(11,3)4)13-8-6-5-7-9-13;/h2-9,11-13H,1H3;5-8,10H,1-4H3;/q-1;-2;+3/i1D3;;. The van der Waals surface area contributed by atoms with Crippen molar-refractivity contribution < 1.29 is 24.2 Å². The van der Waals surface area contributed by atoms with Crippen molar-refractivity contribution in [1.29, 1.82) is 0 Å². The van der Waals surface area contributed by atoms with Gasteiger partial charge in [-0.3, -0.25) is 0 Å². The van der Waals surface area contributed by atoms with Gasteiger partial charge < -0.3 is 14.3 Å². The molecule has 0 saturated heterocycles. The number of para-hydroxylation sites is 1. The van der Waals surface area contributed by atoms with Crippen molar-refractivity contribution in [2.75, 3.05) is 4.90 Å². The van der Waals surface area contributed by atoms with Gasteiger partial charge in [0.25, 0.3) is 0 Å². The summed E-state index contributed by atoms with van der Waals surface area (Å²) < 4.78 is 26.0. The van der Waals surface area contributed by atoms with Crippen LogP contribution in [0.15, 0.2) is 103 Å². The third kappa shape index (κ3) is 4.74. The van der Waals surface area contributed by atoms with E-state index < -0.39 is 6.85 Å². The molecular formula is C35H31IrN4. The molecule has 4 heterocycles. The van der Waals surface area contributed by atoms with Crippen LogP contribution in [0.2, 0.25) is 0 Å². The average Bonchev–Trinajstić information content (AvgIpc) is 3.57. The molecule has 0 radical (unpaired) electrons. The van der Waals surface area contributed by atoms with Crippen LogP contribution in [0.4, 0.5) is 5.69 Å². The maximum absolute atomic E-state index is 8.03. The maximum atomic E-state index is 8.03. The zero-order valence-electron chi connectivity index (χ0n) is 25.9. The smallest absolute Gasteiger partial charge is 0.517 e. The van der Waals surface area contributed by atoms with Crippen LogP contribution in [-0.4, -0.2) is 14.4 Å². The van der Waals surface area contributed by atoms with Crippen LogP contribution in [0.1, 0.15) is 37.4 Å². The van der Waals surface area contributed by atoms with Gasteiger partial charge in [0, 0.05) is 38.6 Å². The molecule has 0 bridgehead atoms. The number of anilines is 1. The summed E-state index contributed by atoms with van der Waals surface area (Å²) in [5, 5.41) is 1.84. The Morgan fingerprint density at radius 3 is 2.40 bits per heavy atom. The molecule has 1 aliphatic rings. The number of fused-ring (bicyclic) bond motifs is 6. The SMILES string of the molecule is CC1=C(C)C(C)(C)[CH-]N1c1[c-]cccc1.[2H]C([2H])([2H])c1cnc2c3[c-]cccc3c3cncn3c2c1-c1ccccc1.[Ir+3]. The van der Waals surface area contributed by atoms with Crippen LogP contribution in [-0.2, 0) is 20.1 Å². The topological polar surface area (TPSA) is 33.4 Å². The summed E-state index contributed by atoms with van der Waals surface area (Å²) in [6.45, 7) is 8.85. The summed E-state index contributed by atoms with van der Waals surface area (Å²) in [5.74, 6) is 0. The van der Waals surface area contributed by atoms with E-state index in [1.165, 1.54) is 17.5 Å². The largest absolute Gasteiger partial charge is 3.00 e. The summed E-state index contributed by atoms with van der Waals surface area (Å²) in [6.07, 6.45) is 4.97. The fourth-order valence-corrected chi connectivity index (χ4v) is 5.28. The van der Waals surface area contributed by atoms with Crippen molar-refractivity contribution in [3.05, 3.63) is 127 Å². The Hall–Kier alpha value is -3.79. The molecule has 3 aromatic carbocycles. The number of allylic oxidation sites excluding steroid dienone is 1. The van der Waals surface area contributed by atoms with Gasteiger partial charge in [-0.05, 0) is 37.5 Å². The zero-order valence-corrected chi connectivity index (χ0v) is 25.3. The number of benzene rings is 3. The Morgan fingerprint density at radius 2 is 1.70 bits per heavy atom. The minimum Gasteiger partial charge on any atom is -0.517 e. The van der Waals surface area contributed by atoms with Gasteiger partial charge in [-0.1, -0.05) is 55.1 Å². The third-order valence-corrected chi connectivity index (χ3v) is 7.64. The number of rotatable bonds is 2. The minimum atomic E-state index is -2.28. The molecule has 200 valence electrons. The molecule has 7 rings (SSSR count). The third-order valence-electron chi connectivity index (χ3n) is 7.64. The molecule has 0 N–H and O–H groups in total. The van der Waals surface area contributed by atoms with Crippen molar-refractivity contribution in [3.63, 3.8) is 0 Å². The summed E-state index contributed by atoms with van der Waals surface area (Å²) in [6, 6.07) is 30.0. The summed E-state index contributed by atoms with van der Waals surface area (Å²) in [5.41, 5.74) is 8.10. The van der Waals surface area contributed by atoms with Crippen LogP contribution < -0.4 is 4.90 Å². The molecule has 0 aliphatic carbocycles. The van der Waals surface area contributed by atoms with Crippen LogP contribution in [0, 0.1) is 30.9 Å². The zero-order chi connectivity index (χ0) is 29.6. The molecule has 0 fully saturated rings. The molecule has 40 heavy (non-hydrogen) atoms. The molecule has 0 saturated carbocycles. The Labute approximate surface area is 254 Å². The summed E-state index contributed by atoms with van der Waals surface area (Å²) >= 11 is 0. The number of pyridine rings is 2. The second kappa shape index (κ2) is 11.0. The Morgan fingerprint density at radius 1 is 0.925 bits per heavy atom. The molecule has 4 nitrogen and oxygen atoms in total. The number of imidazole rings is 1. The molecule has 6 aromatic rings. The number of nitrogens with zero attached hydrogens (tertiary/aromatic N) is 4. The van der Waals surface area contributed by atoms with Gasteiger partial charge in [-0.2, -0.15) is 30.3 Å². The Bertz CT molecular complexity index is 1950. The first-order valence-corrected chi connectivity index (χ1v) is 13.0. The van der Waals surface area contributed by atoms with Crippen molar-refractivity contribution in [2.24, 2.45) is 5.41 Å². The molecule has 0 unspecified atom stereocenters. The van der Waals surface area contributed by atoms with Gasteiger partial charge >= 0.3 is 20.1 Å². The molecule has 0 atom stereocenters. The first-order chi connectivity index (χ1) is 20.1. The van der Waals surface area contributed by atoms with E-state index in [9.17, 15) is 0 Å². The Kier molecular flexibility index (Phi) is 6.61. The van der Waals surface area contributed by atoms with E-state index in [0.717, 1.165) is 33.1 Å². The predicted molar refractivity (Wildman–Crippen MR) is 161 cm³/mol. The fraction of sp³-hybridized carbons (Fsp3) is 0.171. The number of aryl methyl sites for hydroxylation is 1. The van der Waals surface area contributed by atoms with Crippen molar-refractivity contribution in [3.8, 4) is 11.1 Å². The summed E-state index contributed by atoms with van der Waals surface area (Å²) in [7, 11) is 0. The molecule has 3 aromatic heterocycles. The van der Waals surface area contributed by atoms with Gasteiger partial charge in [0.05, 0.1) is 6.33 Å². The van der Waals surface area contributed by atoms with Crippen LogP contribution in [0.3, 0.4) is 0 Å². The normalized spacial score (nSPS) is 15.8. The van der Waals surface area contributed by atoms with E-state index in [-0.39, 0.29) is 31.1 Å². The molecule has 0 amide bonds. The quantitative estimate of drug-likeness (QED) is 0.134. The van der Waals surface area contributed by atoms with Gasteiger partial charge in [0.2, 0.25) is 0 Å². The summed E-state index contributed by atoms with van der Waals surface area (Å²) in [4.78, 5) is 11.1. The van der Waals surface area contributed by atoms with E-state index in [2.05, 4.69) is 67.3 Å². The molecule has 0 spiro atoms. The minimum absolute atomic E-state index is 0. The van der Waals surface area contributed by atoms with E-state index in [0.29, 0.717) is 11.1 Å². The maximum Gasteiger partial charge on any atom is 3.00 e. The molecule has 1 aliphatic heterocycles. The first kappa shape index (κ1) is 24.0. The predicted octanol–water partition coefficient (Wildman–Crippen LogP) is 8.60. The van der Waals surface area contributed by atoms with Crippen molar-refractivity contribution in [2.45, 2.75) is 34.5 Å². The number of aromatic nitrogens is 3. The van der Waals surface area contributed by atoms with Crippen LogP contribution in [0.5, 0.6) is 0 Å². The number of hydrogen-bond acceptors (Lipinski definition) is 3. The van der Waals surface area contributed by atoms with E-state index in [1.54, 1.807) is 12.5 Å². The van der Waals surface area contributed by atoms with Gasteiger partial charge in [-0.25, -0.2) is 11.5 Å². The monoisotopic (exact) mass is 703 g/mol.